The molecule has 0 radical (unpaired) electrons. The van der Waals surface area contributed by atoms with Gasteiger partial charge in [-0.05, 0) is 42.3 Å². The standard InChI is InChI=1S/C21H19Cl2NO4S/c1-14-17(13-28-29(2,25)26)10-20(16-8-18(22)11-19(23)9-16)24-21(14)27-12-15-6-4-3-5-7-15/h3-11H,12-13H2,1-2H3. The highest BCUT2D eigenvalue weighted by molar-refractivity contribution is 7.85. The summed E-state index contributed by atoms with van der Waals surface area (Å²) in [6, 6.07) is 16.5. The van der Waals surface area contributed by atoms with Crippen molar-refractivity contribution in [3.05, 3.63) is 81.3 Å². The van der Waals surface area contributed by atoms with E-state index < -0.39 is 10.1 Å². The summed E-state index contributed by atoms with van der Waals surface area (Å²) in [6.07, 6.45) is 1.01. The molecule has 5 nitrogen and oxygen atoms in total. The molecule has 1 aromatic heterocycles. The van der Waals surface area contributed by atoms with E-state index in [0.717, 1.165) is 11.8 Å². The first kappa shape index (κ1) is 21.6. The Bertz CT molecular complexity index is 1100. The van der Waals surface area contributed by atoms with Crippen LogP contribution in [0, 0.1) is 6.92 Å². The molecular formula is C21H19Cl2NO4S. The van der Waals surface area contributed by atoms with E-state index in [1.165, 1.54) is 0 Å². The van der Waals surface area contributed by atoms with Crippen molar-refractivity contribution in [3.63, 3.8) is 0 Å². The van der Waals surface area contributed by atoms with Crippen molar-refractivity contribution < 1.29 is 17.3 Å². The highest BCUT2D eigenvalue weighted by Crippen LogP contribution is 2.31. The smallest absolute Gasteiger partial charge is 0.264 e. The molecule has 0 unspecified atom stereocenters. The molecule has 0 aliphatic rings. The fourth-order valence-electron chi connectivity index (χ4n) is 2.67. The molecule has 1 heterocycles. The Balaban J connectivity index is 2.00. The predicted octanol–water partition coefficient (Wildman–Crippen LogP) is 5.42. The quantitative estimate of drug-likeness (QED) is 0.448. The maximum Gasteiger partial charge on any atom is 0.264 e. The summed E-state index contributed by atoms with van der Waals surface area (Å²) in [5.74, 6) is 0.384. The SMILES string of the molecule is Cc1c(COS(C)(=O)=O)cc(-c2cc(Cl)cc(Cl)c2)nc1OCc1ccccc1. The van der Waals surface area contributed by atoms with Crippen molar-refractivity contribution >= 4 is 33.3 Å². The van der Waals surface area contributed by atoms with Crippen LogP contribution in [0.2, 0.25) is 10.0 Å². The molecule has 3 aromatic rings. The summed E-state index contributed by atoms with van der Waals surface area (Å²) in [7, 11) is -3.60. The lowest BCUT2D eigenvalue weighted by Gasteiger charge is -2.15. The number of halogens is 2. The second-order valence-corrected chi connectivity index (χ2v) is 9.01. The molecule has 0 aliphatic heterocycles. The molecule has 152 valence electrons. The molecule has 3 rings (SSSR count). The van der Waals surface area contributed by atoms with Gasteiger partial charge in [0.15, 0.2) is 0 Å². The van der Waals surface area contributed by atoms with E-state index in [1.807, 2.05) is 37.3 Å². The summed E-state index contributed by atoms with van der Waals surface area (Å²) in [5, 5.41) is 0.936. The number of aromatic nitrogens is 1. The number of hydrogen-bond acceptors (Lipinski definition) is 5. The van der Waals surface area contributed by atoms with Gasteiger partial charge in [0.2, 0.25) is 5.88 Å². The Morgan fingerprint density at radius 3 is 2.24 bits per heavy atom. The number of pyridine rings is 1. The van der Waals surface area contributed by atoms with Gasteiger partial charge in [0.05, 0.1) is 18.6 Å². The van der Waals surface area contributed by atoms with Crippen LogP contribution in [0.3, 0.4) is 0 Å². The van der Waals surface area contributed by atoms with Crippen molar-refractivity contribution in [2.24, 2.45) is 0 Å². The third-order valence-electron chi connectivity index (χ3n) is 4.14. The van der Waals surface area contributed by atoms with Crippen LogP contribution in [-0.2, 0) is 27.5 Å². The molecule has 0 atom stereocenters. The highest BCUT2D eigenvalue weighted by Gasteiger charge is 2.15. The van der Waals surface area contributed by atoms with Crippen LogP contribution in [0.1, 0.15) is 16.7 Å². The van der Waals surface area contributed by atoms with Crippen molar-refractivity contribution in [1.29, 1.82) is 0 Å². The van der Waals surface area contributed by atoms with Gasteiger partial charge in [0.1, 0.15) is 6.61 Å². The van der Waals surface area contributed by atoms with Gasteiger partial charge < -0.3 is 4.74 Å². The van der Waals surface area contributed by atoms with Crippen molar-refractivity contribution in [1.82, 2.24) is 4.98 Å². The fourth-order valence-corrected chi connectivity index (χ4v) is 3.54. The zero-order valence-corrected chi connectivity index (χ0v) is 18.2. The monoisotopic (exact) mass is 451 g/mol. The van der Waals surface area contributed by atoms with Crippen LogP contribution in [0.4, 0.5) is 0 Å². The second-order valence-electron chi connectivity index (χ2n) is 6.50. The summed E-state index contributed by atoms with van der Waals surface area (Å²) in [5.41, 5.74) is 3.56. The second kappa shape index (κ2) is 9.13. The molecule has 2 aromatic carbocycles. The summed E-state index contributed by atoms with van der Waals surface area (Å²) in [6.45, 7) is 2.00. The van der Waals surface area contributed by atoms with Crippen LogP contribution in [0.15, 0.2) is 54.6 Å². The zero-order valence-electron chi connectivity index (χ0n) is 15.9. The Morgan fingerprint density at radius 2 is 1.62 bits per heavy atom. The van der Waals surface area contributed by atoms with Gasteiger partial charge in [0, 0.05) is 21.2 Å². The van der Waals surface area contributed by atoms with E-state index in [2.05, 4.69) is 4.98 Å². The van der Waals surface area contributed by atoms with Gasteiger partial charge in [-0.3, -0.25) is 4.18 Å². The first-order valence-corrected chi connectivity index (χ1v) is 11.3. The van der Waals surface area contributed by atoms with Crippen LogP contribution in [-0.4, -0.2) is 19.7 Å². The van der Waals surface area contributed by atoms with E-state index in [4.69, 9.17) is 32.1 Å². The lowest BCUT2D eigenvalue weighted by Crippen LogP contribution is -2.07. The molecule has 0 aliphatic carbocycles. The Hall–Kier alpha value is -2.12. The predicted molar refractivity (Wildman–Crippen MR) is 115 cm³/mol. The molecular weight excluding hydrogens is 433 g/mol. The third kappa shape index (κ3) is 6.18. The minimum atomic E-state index is -3.60. The molecule has 0 spiro atoms. The molecule has 0 saturated heterocycles. The van der Waals surface area contributed by atoms with Crippen molar-refractivity contribution in [2.45, 2.75) is 20.1 Å². The van der Waals surface area contributed by atoms with Gasteiger partial charge in [-0.2, -0.15) is 8.42 Å². The van der Waals surface area contributed by atoms with Gasteiger partial charge in [0.25, 0.3) is 10.1 Å². The van der Waals surface area contributed by atoms with E-state index in [1.54, 1.807) is 24.3 Å². The van der Waals surface area contributed by atoms with Crippen LogP contribution < -0.4 is 4.74 Å². The van der Waals surface area contributed by atoms with Gasteiger partial charge in [-0.15, -0.1) is 0 Å². The summed E-state index contributed by atoms with van der Waals surface area (Å²) in [4.78, 5) is 4.60. The average Bonchev–Trinajstić information content (AvgIpc) is 2.65. The van der Waals surface area contributed by atoms with Crippen LogP contribution in [0.5, 0.6) is 5.88 Å². The van der Waals surface area contributed by atoms with E-state index >= 15 is 0 Å². The molecule has 0 bridgehead atoms. The minimum absolute atomic E-state index is 0.129. The first-order valence-electron chi connectivity index (χ1n) is 8.69. The third-order valence-corrected chi connectivity index (χ3v) is 5.12. The van der Waals surface area contributed by atoms with Crippen molar-refractivity contribution in [2.75, 3.05) is 6.26 Å². The van der Waals surface area contributed by atoms with E-state index in [-0.39, 0.29) is 6.61 Å². The molecule has 8 heteroatoms. The topological polar surface area (TPSA) is 65.5 Å². The number of rotatable bonds is 7. The average molecular weight is 452 g/mol. The van der Waals surface area contributed by atoms with Gasteiger partial charge >= 0.3 is 0 Å². The molecule has 0 amide bonds. The molecule has 29 heavy (non-hydrogen) atoms. The fraction of sp³-hybridized carbons (Fsp3) is 0.190. The normalized spacial score (nSPS) is 11.4. The highest BCUT2D eigenvalue weighted by atomic mass is 35.5. The van der Waals surface area contributed by atoms with Crippen LogP contribution >= 0.6 is 23.2 Å². The Morgan fingerprint density at radius 1 is 0.966 bits per heavy atom. The Labute approximate surface area is 180 Å². The van der Waals surface area contributed by atoms with Gasteiger partial charge in [-0.1, -0.05) is 53.5 Å². The van der Waals surface area contributed by atoms with Crippen molar-refractivity contribution in [3.8, 4) is 17.1 Å². The maximum atomic E-state index is 11.5. The lowest BCUT2D eigenvalue weighted by molar-refractivity contribution is 0.286. The lowest BCUT2D eigenvalue weighted by atomic mass is 10.1. The van der Waals surface area contributed by atoms with Gasteiger partial charge in [-0.25, -0.2) is 4.98 Å². The number of ether oxygens (including phenoxy) is 1. The van der Waals surface area contributed by atoms with E-state index in [9.17, 15) is 8.42 Å². The number of benzene rings is 2. The molecule has 0 saturated carbocycles. The zero-order chi connectivity index (χ0) is 21.0. The largest absolute Gasteiger partial charge is 0.473 e. The Kier molecular flexibility index (Phi) is 6.80. The summed E-state index contributed by atoms with van der Waals surface area (Å²) < 4.78 is 33.8. The van der Waals surface area contributed by atoms with E-state index in [0.29, 0.717) is 44.9 Å². The maximum absolute atomic E-state index is 11.5. The minimum Gasteiger partial charge on any atom is -0.473 e. The van der Waals surface area contributed by atoms with Crippen LogP contribution in [0.25, 0.3) is 11.3 Å². The summed E-state index contributed by atoms with van der Waals surface area (Å²) >= 11 is 12.3. The first-order chi connectivity index (χ1) is 13.7. The molecule has 0 fully saturated rings. The number of hydrogen-bond donors (Lipinski definition) is 0. The number of nitrogens with zero attached hydrogens (tertiary/aromatic N) is 1. The molecule has 0 N–H and O–H groups in total.